The molecule has 7 nitrogen and oxygen atoms in total. The van der Waals surface area contributed by atoms with Crippen LogP contribution in [0.1, 0.15) is 27.4 Å². The van der Waals surface area contributed by atoms with E-state index in [9.17, 15) is 14.0 Å². The fraction of sp³-hybridized carbons (Fsp3) is 0.143. The van der Waals surface area contributed by atoms with Crippen molar-refractivity contribution in [2.75, 3.05) is 0 Å². The van der Waals surface area contributed by atoms with E-state index in [2.05, 4.69) is 15.3 Å². The molecule has 29 heavy (non-hydrogen) atoms. The van der Waals surface area contributed by atoms with E-state index in [1.807, 2.05) is 0 Å². The van der Waals surface area contributed by atoms with Gasteiger partial charge in [0.2, 0.25) is 11.1 Å². The third kappa shape index (κ3) is 3.91. The number of benzene rings is 1. The highest BCUT2D eigenvalue weighted by Gasteiger charge is 2.19. The van der Waals surface area contributed by atoms with Crippen LogP contribution in [0.15, 0.2) is 64.2 Å². The number of amides is 1. The molecule has 0 aliphatic rings. The Labute approximate surface area is 164 Å². The Morgan fingerprint density at radius 2 is 1.86 bits per heavy atom. The molecule has 0 aliphatic carbocycles. The van der Waals surface area contributed by atoms with Crippen molar-refractivity contribution < 1.29 is 13.6 Å². The smallest absolute Gasteiger partial charge is 0.307 e. The highest BCUT2D eigenvalue weighted by molar-refractivity contribution is 5.91. The molecule has 0 saturated heterocycles. The van der Waals surface area contributed by atoms with E-state index in [-0.39, 0.29) is 34.9 Å². The fourth-order valence-corrected chi connectivity index (χ4v) is 3.01. The molecule has 1 N–H and O–H groups in total. The van der Waals surface area contributed by atoms with Crippen LogP contribution in [0.2, 0.25) is 0 Å². The van der Waals surface area contributed by atoms with Crippen LogP contribution in [0.4, 0.5) is 4.39 Å². The minimum atomic E-state index is -0.516. The van der Waals surface area contributed by atoms with Crippen molar-refractivity contribution in [2.45, 2.75) is 13.0 Å². The number of hydrogen-bond donors (Lipinski definition) is 1. The number of hydrogen-bond acceptors (Lipinski definition) is 5. The van der Waals surface area contributed by atoms with Crippen LogP contribution >= 0.6 is 0 Å². The molecule has 3 heterocycles. The van der Waals surface area contributed by atoms with E-state index in [0.717, 1.165) is 11.1 Å². The monoisotopic (exact) mass is 392 g/mol. The highest BCUT2D eigenvalue weighted by Crippen LogP contribution is 2.15. The van der Waals surface area contributed by atoms with Gasteiger partial charge in [-0.2, -0.15) is 4.98 Å². The zero-order chi connectivity index (χ0) is 20.4. The van der Waals surface area contributed by atoms with Crippen molar-refractivity contribution in [3.05, 3.63) is 93.6 Å². The second-order valence-corrected chi connectivity index (χ2v) is 6.61. The Morgan fingerprint density at radius 1 is 1.14 bits per heavy atom. The number of rotatable bonds is 5. The van der Waals surface area contributed by atoms with Crippen LogP contribution in [0, 0.1) is 5.82 Å². The predicted molar refractivity (Wildman–Crippen MR) is 104 cm³/mol. The van der Waals surface area contributed by atoms with Gasteiger partial charge in [0, 0.05) is 44.2 Å². The quantitative estimate of drug-likeness (QED) is 0.564. The van der Waals surface area contributed by atoms with Gasteiger partial charge in [-0.05, 0) is 35.4 Å². The third-order valence-electron chi connectivity index (χ3n) is 4.49. The van der Waals surface area contributed by atoms with Gasteiger partial charge in [0.05, 0.1) is 0 Å². The first kappa shape index (κ1) is 18.5. The van der Waals surface area contributed by atoms with Crippen molar-refractivity contribution in [1.82, 2.24) is 19.9 Å². The van der Waals surface area contributed by atoms with Crippen molar-refractivity contribution in [3.8, 4) is 0 Å². The molecule has 3 aromatic heterocycles. The molecule has 4 rings (SSSR count). The molecule has 0 radical (unpaired) electrons. The molecule has 8 heteroatoms. The average molecular weight is 392 g/mol. The summed E-state index contributed by atoms with van der Waals surface area (Å²) in [6.07, 6.45) is 5.22. The molecule has 0 saturated carbocycles. The molecule has 0 aliphatic heterocycles. The lowest BCUT2D eigenvalue weighted by Gasteiger charge is -2.04. The van der Waals surface area contributed by atoms with Gasteiger partial charge in [-0.15, -0.1) is 0 Å². The molecule has 1 aromatic carbocycles. The number of carbonyl (C=O) groups is 1. The number of halogens is 1. The second-order valence-electron chi connectivity index (χ2n) is 6.61. The van der Waals surface area contributed by atoms with Gasteiger partial charge in [-0.25, -0.2) is 4.39 Å². The first-order chi connectivity index (χ1) is 14.0. The standard InChI is InChI=1S/C21H17FN4O3/c1-26-12-15(10-13-2-4-16(22)5-3-13)18(27)17-21(26)29-20(25-17)19(28)24-11-14-6-8-23-9-7-14/h2-9,12H,10-11H2,1H3,(H,24,28). The summed E-state index contributed by atoms with van der Waals surface area (Å²) >= 11 is 0. The number of carbonyl (C=O) groups excluding carboxylic acids is 1. The lowest BCUT2D eigenvalue weighted by Crippen LogP contribution is -2.23. The van der Waals surface area contributed by atoms with E-state index in [1.165, 1.54) is 12.1 Å². The van der Waals surface area contributed by atoms with Gasteiger partial charge in [0.25, 0.3) is 5.89 Å². The van der Waals surface area contributed by atoms with Crippen LogP contribution in [0.5, 0.6) is 0 Å². The summed E-state index contributed by atoms with van der Waals surface area (Å²) in [5.74, 6) is -1.03. The molecule has 0 spiro atoms. The van der Waals surface area contributed by atoms with Gasteiger partial charge in [0.15, 0.2) is 5.52 Å². The summed E-state index contributed by atoms with van der Waals surface area (Å²) in [7, 11) is 1.71. The zero-order valence-electron chi connectivity index (χ0n) is 15.6. The number of nitrogens with one attached hydrogen (secondary N) is 1. The molecule has 0 fully saturated rings. The van der Waals surface area contributed by atoms with E-state index < -0.39 is 5.91 Å². The SMILES string of the molecule is Cn1cc(Cc2ccc(F)cc2)c(=O)c2nc(C(=O)NCc3ccncc3)oc21. The number of aryl methyl sites for hydroxylation is 1. The van der Waals surface area contributed by atoms with E-state index in [0.29, 0.717) is 12.0 Å². The first-order valence-corrected chi connectivity index (χ1v) is 8.92. The van der Waals surface area contributed by atoms with Crippen LogP contribution in [-0.2, 0) is 20.0 Å². The third-order valence-corrected chi connectivity index (χ3v) is 4.49. The molecule has 146 valence electrons. The van der Waals surface area contributed by atoms with Crippen molar-refractivity contribution in [3.63, 3.8) is 0 Å². The van der Waals surface area contributed by atoms with Crippen LogP contribution in [0.3, 0.4) is 0 Å². The van der Waals surface area contributed by atoms with E-state index in [1.54, 1.807) is 54.5 Å². The second kappa shape index (κ2) is 7.67. The molecule has 1 amide bonds. The van der Waals surface area contributed by atoms with Gasteiger partial charge in [0.1, 0.15) is 5.82 Å². The van der Waals surface area contributed by atoms with E-state index in [4.69, 9.17) is 4.42 Å². The fourth-order valence-electron chi connectivity index (χ4n) is 3.01. The number of oxazole rings is 1. The summed E-state index contributed by atoms with van der Waals surface area (Å²) in [4.78, 5) is 33.2. The summed E-state index contributed by atoms with van der Waals surface area (Å²) in [5, 5.41) is 2.71. The van der Waals surface area contributed by atoms with Crippen molar-refractivity contribution >= 4 is 17.1 Å². The van der Waals surface area contributed by atoms with Gasteiger partial charge >= 0.3 is 5.91 Å². The van der Waals surface area contributed by atoms with Crippen molar-refractivity contribution in [1.29, 1.82) is 0 Å². The predicted octanol–water partition coefficient (Wildman–Crippen LogP) is 2.58. The largest absolute Gasteiger partial charge is 0.415 e. The number of aromatic nitrogens is 3. The Morgan fingerprint density at radius 3 is 2.59 bits per heavy atom. The summed E-state index contributed by atoms with van der Waals surface area (Å²) in [5.41, 5.74) is 2.12. The number of pyridine rings is 2. The molecule has 0 bridgehead atoms. The Bertz CT molecular complexity index is 1230. The molecular formula is C21H17FN4O3. The van der Waals surface area contributed by atoms with Crippen LogP contribution in [-0.4, -0.2) is 20.4 Å². The lowest BCUT2D eigenvalue weighted by atomic mass is 10.1. The maximum Gasteiger partial charge on any atom is 0.307 e. The molecule has 0 unspecified atom stereocenters. The molecule has 0 atom stereocenters. The lowest BCUT2D eigenvalue weighted by molar-refractivity contribution is 0.0918. The average Bonchev–Trinajstić information content (AvgIpc) is 3.19. The number of fused-ring (bicyclic) bond motifs is 1. The first-order valence-electron chi connectivity index (χ1n) is 8.92. The topological polar surface area (TPSA) is 90.0 Å². The van der Waals surface area contributed by atoms with Gasteiger partial charge < -0.3 is 14.3 Å². The minimum Gasteiger partial charge on any atom is -0.415 e. The normalized spacial score (nSPS) is 11.0. The molecular weight excluding hydrogens is 375 g/mol. The maximum atomic E-state index is 13.1. The van der Waals surface area contributed by atoms with Gasteiger partial charge in [-0.3, -0.25) is 14.6 Å². The highest BCUT2D eigenvalue weighted by atomic mass is 19.1. The Kier molecular flexibility index (Phi) is 4.90. The Hall–Kier alpha value is -3.81. The maximum absolute atomic E-state index is 13.1. The van der Waals surface area contributed by atoms with Crippen molar-refractivity contribution in [2.24, 2.45) is 7.05 Å². The van der Waals surface area contributed by atoms with Crippen LogP contribution in [0.25, 0.3) is 11.2 Å². The van der Waals surface area contributed by atoms with E-state index >= 15 is 0 Å². The van der Waals surface area contributed by atoms with Gasteiger partial charge in [-0.1, -0.05) is 12.1 Å². The summed E-state index contributed by atoms with van der Waals surface area (Å²) < 4.78 is 20.2. The summed E-state index contributed by atoms with van der Waals surface area (Å²) in [6, 6.07) is 9.51. The molecule has 4 aromatic rings. The summed E-state index contributed by atoms with van der Waals surface area (Å²) in [6.45, 7) is 0.284. The van der Waals surface area contributed by atoms with Crippen LogP contribution < -0.4 is 10.7 Å². The minimum absolute atomic E-state index is 0.0844. The Balaban J connectivity index is 1.60. The zero-order valence-corrected chi connectivity index (χ0v) is 15.6. The number of nitrogens with zero attached hydrogens (tertiary/aromatic N) is 3.